The molecule has 0 rings (SSSR count). The fraction of sp³-hybridized carbons (Fsp3) is 0.429. The standard InChI is InChI=1S/C7H11NO2/c1-3-5-7(10)8(4-2)6-9/h3,5-6H,4H2,1-2H3/b5-3-. The van der Waals surface area contributed by atoms with Crippen LogP contribution in [-0.2, 0) is 9.59 Å². The van der Waals surface area contributed by atoms with Gasteiger partial charge in [-0.1, -0.05) is 6.08 Å². The largest absolute Gasteiger partial charge is 0.282 e. The average molecular weight is 141 g/mol. The van der Waals surface area contributed by atoms with Gasteiger partial charge in [0.05, 0.1) is 0 Å². The predicted octanol–water partition coefficient (Wildman–Crippen LogP) is 0.567. The number of rotatable bonds is 3. The van der Waals surface area contributed by atoms with E-state index in [0.29, 0.717) is 13.0 Å². The molecular formula is C7H11NO2. The molecule has 0 saturated heterocycles. The van der Waals surface area contributed by atoms with Crippen molar-refractivity contribution in [2.24, 2.45) is 0 Å². The Hall–Kier alpha value is -1.12. The van der Waals surface area contributed by atoms with E-state index < -0.39 is 0 Å². The van der Waals surface area contributed by atoms with Crippen LogP contribution >= 0.6 is 0 Å². The molecule has 0 bridgehead atoms. The molecule has 0 N–H and O–H groups in total. The number of imide groups is 1. The Morgan fingerprint density at radius 1 is 1.60 bits per heavy atom. The highest BCUT2D eigenvalue weighted by Gasteiger charge is 2.03. The summed E-state index contributed by atoms with van der Waals surface area (Å²) in [5.41, 5.74) is 0. The zero-order valence-electron chi connectivity index (χ0n) is 6.20. The maximum Gasteiger partial charge on any atom is 0.252 e. The van der Waals surface area contributed by atoms with E-state index in [2.05, 4.69) is 0 Å². The first-order valence-electron chi connectivity index (χ1n) is 3.14. The minimum Gasteiger partial charge on any atom is -0.282 e. The van der Waals surface area contributed by atoms with E-state index in [1.807, 2.05) is 0 Å². The van der Waals surface area contributed by atoms with E-state index in [4.69, 9.17) is 0 Å². The molecule has 3 heteroatoms. The van der Waals surface area contributed by atoms with Gasteiger partial charge in [-0.2, -0.15) is 0 Å². The molecule has 0 aliphatic heterocycles. The van der Waals surface area contributed by atoms with Gasteiger partial charge in [-0.05, 0) is 19.9 Å². The van der Waals surface area contributed by atoms with Crippen LogP contribution in [0.4, 0.5) is 0 Å². The third-order valence-electron chi connectivity index (χ3n) is 1.06. The lowest BCUT2D eigenvalue weighted by Crippen LogP contribution is -2.27. The minimum absolute atomic E-state index is 0.264. The SMILES string of the molecule is C/C=C\C(=O)N(C=O)CC. The highest BCUT2D eigenvalue weighted by atomic mass is 16.2. The van der Waals surface area contributed by atoms with Gasteiger partial charge in [-0.15, -0.1) is 0 Å². The summed E-state index contributed by atoms with van der Waals surface area (Å²) in [6, 6.07) is 0. The molecule has 0 fully saturated rings. The van der Waals surface area contributed by atoms with Gasteiger partial charge >= 0.3 is 0 Å². The average Bonchev–Trinajstić information content (AvgIpc) is 1.91. The lowest BCUT2D eigenvalue weighted by Gasteiger charge is -2.08. The minimum atomic E-state index is -0.264. The van der Waals surface area contributed by atoms with Crippen molar-refractivity contribution in [2.75, 3.05) is 6.54 Å². The Kier molecular flexibility index (Phi) is 4.20. The zero-order chi connectivity index (χ0) is 7.98. The Morgan fingerprint density at radius 2 is 2.20 bits per heavy atom. The first-order valence-corrected chi connectivity index (χ1v) is 3.14. The quantitative estimate of drug-likeness (QED) is 0.425. The van der Waals surface area contributed by atoms with Crippen molar-refractivity contribution in [3.8, 4) is 0 Å². The molecular weight excluding hydrogens is 130 g/mol. The third kappa shape index (κ3) is 2.44. The number of allylic oxidation sites excluding steroid dienone is 1. The highest BCUT2D eigenvalue weighted by molar-refractivity contribution is 5.94. The van der Waals surface area contributed by atoms with Crippen LogP contribution in [0, 0.1) is 0 Å². The second kappa shape index (κ2) is 4.73. The van der Waals surface area contributed by atoms with Crippen molar-refractivity contribution in [1.82, 2.24) is 4.90 Å². The fourth-order valence-corrected chi connectivity index (χ4v) is 0.521. The molecule has 0 aromatic heterocycles. The molecule has 0 unspecified atom stereocenters. The molecule has 0 atom stereocenters. The van der Waals surface area contributed by atoms with Gasteiger partial charge in [-0.3, -0.25) is 14.5 Å². The Bertz CT molecular complexity index is 152. The van der Waals surface area contributed by atoms with Crippen molar-refractivity contribution >= 4 is 12.3 Å². The molecule has 10 heavy (non-hydrogen) atoms. The number of nitrogens with zero attached hydrogens (tertiary/aromatic N) is 1. The number of likely N-dealkylation sites (N-methyl/N-ethyl adjacent to an activating group) is 1. The van der Waals surface area contributed by atoms with E-state index in [0.717, 1.165) is 4.90 Å². The van der Waals surface area contributed by atoms with Gasteiger partial charge in [0.1, 0.15) is 0 Å². The highest BCUT2D eigenvalue weighted by Crippen LogP contribution is 1.85. The first-order chi connectivity index (χ1) is 4.76. The zero-order valence-corrected chi connectivity index (χ0v) is 6.20. The summed E-state index contributed by atoms with van der Waals surface area (Å²) in [5, 5.41) is 0. The van der Waals surface area contributed by atoms with Crippen molar-refractivity contribution < 1.29 is 9.59 Å². The summed E-state index contributed by atoms with van der Waals surface area (Å²) in [5.74, 6) is -0.264. The number of carbonyl (C=O) groups is 2. The Morgan fingerprint density at radius 3 is 2.50 bits per heavy atom. The first kappa shape index (κ1) is 8.88. The second-order valence-corrected chi connectivity index (χ2v) is 1.73. The smallest absolute Gasteiger partial charge is 0.252 e. The molecule has 0 aromatic rings. The lowest BCUT2D eigenvalue weighted by molar-refractivity contribution is -0.134. The van der Waals surface area contributed by atoms with Crippen LogP contribution in [0.25, 0.3) is 0 Å². The molecule has 0 spiro atoms. The molecule has 0 aliphatic carbocycles. The van der Waals surface area contributed by atoms with Gasteiger partial charge < -0.3 is 0 Å². The molecule has 0 heterocycles. The van der Waals surface area contributed by atoms with Crippen LogP contribution in [0.5, 0.6) is 0 Å². The van der Waals surface area contributed by atoms with E-state index >= 15 is 0 Å². The Labute approximate surface area is 60.3 Å². The summed E-state index contributed by atoms with van der Waals surface area (Å²) in [6.07, 6.45) is 3.49. The van der Waals surface area contributed by atoms with Gasteiger partial charge in [0, 0.05) is 6.54 Å². The monoisotopic (exact) mass is 141 g/mol. The maximum absolute atomic E-state index is 10.8. The van der Waals surface area contributed by atoms with E-state index in [9.17, 15) is 9.59 Å². The fourth-order valence-electron chi connectivity index (χ4n) is 0.521. The van der Waals surface area contributed by atoms with Gasteiger partial charge in [0.2, 0.25) is 6.41 Å². The van der Waals surface area contributed by atoms with Crippen LogP contribution in [0.2, 0.25) is 0 Å². The molecule has 0 radical (unpaired) electrons. The predicted molar refractivity (Wildman–Crippen MR) is 38.3 cm³/mol. The van der Waals surface area contributed by atoms with Crippen LogP contribution < -0.4 is 0 Å². The number of hydrogen-bond acceptors (Lipinski definition) is 2. The summed E-state index contributed by atoms with van der Waals surface area (Å²) in [6.45, 7) is 3.90. The molecule has 0 saturated carbocycles. The van der Waals surface area contributed by atoms with Gasteiger partial charge in [0.15, 0.2) is 0 Å². The van der Waals surface area contributed by atoms with Crippen molar-refractivity contribution in [2.45, 2.75) is 13.8 Å². The molecule has 3 nitrogen and oxygen atoms in total. The number of carbonyl (C=O) groups excluding carboxylic acids is 2. The normalized spacial score (nSPS) is 9.80. The lowest BCUT2D eigenvalue weighted by atomic mass is 10.4. The Balaban J connectivity index is 4.01. The summed E-state index contributed by atoms with van der Waals surface area (Å²) in [4.78, 5) is 22.0. The summed E-state index contributed by atoms with van der Waals surface area (Å²) < 4.78 is 0. The summed E-state index contributed by atoms with van der Waals surface area (Å²) in [7, 11) is 0. The van der Waals surface area contributed by atoms with Crippen LogP contribution in [0.1, 0.15) is 13.8 Å². The van der Waals surface area contributed by atoms with E-state index in [1.165, 1.54) is 6.08 Å². The molecule has 0 aliphatic rings. The van der Waals surface area contributed by atoms with Gasteiger partial charge in [-0.25, -0.2) is 0 Å². The topological polar surface area (TPSA) is 37.4 Å². The maximum atomic E-state index is 10.8. The molecule has 56 valence electrons. The third-order valence-corrected chi connectivity index (χ3v) is 1.06. The van der Waals surface area contributed by atoms with E-state index in [-0.39, 0.29) is 5.91 Å². The van der Waals surface area contributed by atoms with Crippen LogP contribution in [0.15, 0.2) is 12.2 Å². The van der Waals surface area contributed by atoms with Crippen molar-refractivity contribution in [1.29, 1.82) is 0 Å². The van der Waals surface area contributed by atoms with Crippen LogP contribution in [0.3, 0.4) is 0 Å². The van der Waals surface area contributed by atoms with E-state index in [1.54, 1.807) is 19.9 Å². The summed E-state index contributed by atoms with van der Waals surface area (Å²) >= 11 is 0. The van der Waals surface area contributed by atoms with Crippen LogP contribution in [-0.4, -0.2) is 23.8 Å². The van der Waals surface area contributed by atoms with Crippen molar-refractivity contribution in [3.63, 3.8) is 0 Å². The number of amides is 2. The number of hydrogen-bond donors (Lipinski definition) is 0. The van der Waals surface area contributed by atoms with Crippen molar-refractivity contribution in [3.05, 3.63) is 12.2 Å². The molecule has 0 aromatic carbocycles. The second-order valence-electron chi connectivity index (χ2n) is 1.73. The van der Waals surface area contributed by atoms with Gasteiger partial charge in [0.25, 0.3) is 5.91 Å². The molecule has 2 amide bonds.